The van der Waals surface area contributed by atoms with E-state index in [9.17, 15) is 14.4 Å². The molecule has 0 aliphatic heterocycles. The van der Waals surface area contributed by atoms with Crippen LogP contribution in [-0.4, -0.2) is 33.0 Å². The summed E-state index contributed by atoms with van der Waals surface area (Å²) >= 11 is 0. The molecule has 0 fully saturated rings. The Morgan fingerprint density at radius 2 is 1.72 bits per heavy atom. The number of hydrogen-bond acceptors (Lipinski definition) is 3. The third kappa shape index (κ3) is 5.80. The van der Waals surface area contributed by atoms with Crippen LogP contribution in [0.4, 0.5) is 0 Å². The Morgan fingerprint density at radius 1 is 1.00 bits per heavy atom. The van der Waals surface area contributed by atoms with E-state index in [2.05, 4.69) is 10.3 Å². The van der Waals surface area contributed by atoms with E-state index >= 15 is 0 Å². The van der Waals surface area contributed by atoms with E-state index in [1.165, 1.54) is 0 Å². The van der Waals surface area contributed by atoms with Crippen molar-refractivity contribution in [1.82, 2.24) is 10.3 Å². The lowest BCUT2D eigenvalue weighted by Gasteiger charge is -2.07. The van der Waals surface area contributed by atoms with Crippen molar-refractivity contribution in [2.24, 2.45) is 0 Å². The molecular formula is C18H20N2O5. The lowest BCUT2D eigenvalue weighted by molar-refractivity contribution is -0.137. The second kappa shape index (κ2) is 8.68. The fourth-order valence-corrected chi connectivity index (χ4v) is 2.57. The van der Waals surface area contributed by atoms with E-state index in [0.29, 0.717) is 16.8 Å². The predicted molar refractivity (Wildman–Crippen MR) is 90.1 cm³/mol. The van der Waals surface area contributed by atoms with E-state index in [-0.39, 0.29) is 38.1 Å². The maximum Gasteiger partial charge on any atom is 0.307 e. The molecule has 1 aromatic heterocycles. The average Bonchev–Trinajstić information content (AvgIpc) is 2.93. The largest absolute Gasteiger partial charge is 0.481 e. The third-order valence-corrected chi connectivity index (χ3v) is 3.78. The van der Waals surface area contributed by atoms with Crippen molar-refractivity contribution in [1.29, 1.82) is 0 Å². The highest BCUT2D eigenvalue weighted by Crippen LogP contribution is 2.17. The summed E-state index contributed by atoms with van der Waals surface area (Å²) in [6, 6.07) is 9.29. The number of aromatic nitrogens is 1. The van der Waals surface area contributed by atoms with Crippen LogP contribution >= 0.6 is 0 Å². The van der Waals surface area contributed by atoms with Crippen molar-refractivity contribution in [3.63, 3.8) is 0 Å². The first-order chi connectivity index (χ1) is 12.0. The van der Waals surface area contributed by atoms with Gasteiger partial charge in [-0.3, -0.25) is 14.4 Å². The van der Waals surface area contributed by atoms with Gasteiger partial charge in [0.25, 0.3) is 0 Å². The van der Waals surface area contributed by atoms with Gasteiger partial charge in [0.2, 0.25) is 5.91 Å². The predicted octanol–water partition coefficient (Wildman–Crippen LogP) is 1.52. The molecule has 0 aliphatic rings. The number of rotatable bonds is 9. The molecule has 0 radical (unpaired) electrons. The Labute approximate surface area is 144 Å². The molecular weight excluding hydrogens is 324 g/mol. The summed E-state index contributed by atoms with van der Waals surface area (Å²) in [6.45, 7) is 0.168. The van der Waals surface area contributed by atoms with Gasteiger partial charge in [-0.1, -0.05) is 30.3 Å². The first kappa shape index (κ1) is 18.3. The molecule has 0 bridgehead atoms. The number of carboxylic acid groups (broad SMARTS) is 2. The summed E-state index contributed by atoms with van der Waals surface area (Å²) < 4.78 is 0. The Kier molecular flexibility index (Phi) is 6.33. The van der Waals surface area contributed by atoms with Crippen LogP contribution in [0.15, 0.2) is 36.5 Å². The van der Waals surface area contributed by atoms with E-state index in [1.54, 1.807) is 6.20 Å². The smallest absolute Gasteiger partial charge is 0.307 e. The van der Waals surface area contributed by atoms with Gasteiger partial charge in [0.1, 0.15) is 0 Å². The first-order valence-electron chi connectivity index (χ1n) is 7.88. The highest BCUT2D eigenvalue weighted by molar-refractivity contribution is 5.78. The van der Waals surface area contributed by atoms with Crippen LogP contribution in [0.3, 0.4) is 0 Å². The van der Waals surface area contributed by atoms with Gasteiger partial charge in [0.05, 0.1) is 19.4 Å². The maximum absolute atomic E-state index is 12.0. The fraction of sp³-hybridized carbons (Fsp3) is 0.278. The van der Waals surface area contributed by atoms with Crippen molar-refractivity contribution in [2.45, 2.75) is 32.2 Å². The molecule has 1 amide bonds. The second-order valence-electron chi connectivity index (χ2n) is 5.67. The molecule has 7 nitrogen and oxygen atoms in total. The fourth-order valence-electron chi connectivity index (χ4n) is 2.57. The summed E-state index contributed by atoms with van der Waals surface area (Å²) in [5.41, 5.74) is 2.66. The normalized spacial score (nSPS) is 10.4. The van der Waals surface area contributed by atoms with Gasteiger partial charge in [-0.15, -0.1) is 0 Å². The van der Waals surface area contributed by atoms with Crippen LogP contribution in [-0.2, 0) is 40.2 Å². The van der Waals surface area contributed by atoms with Gasteiger partial charge >= 0.3 is 11.9 Å². The zero-order chi connectivity index (χ0) is 18.2. The molecule has 2 aromatic rings. The molecule has 2 rings (SSSR count). The first-order valence-corrected chi connectivity index (χ1v) is 7.88. The molecule has 0 saturated carbocycles. The number of nitrogens with one attached hydrogen (secondary N) is 2. The maximum atomic E-state index is 12.0. The Hall–Kier alpha value is -3.09. The monoisotopic (exact) mass is 344 g/mol. The number of carboxylic acids is 2. The highest BCUT2D eigenvalue weighted by atomic mass is 16.4. The molecule has 132 valence electrons. The molecule has 25 heavy (non-hydrogen) atoms. The number of hydrogen-bond donors (Lipinski definition) is 4. The summed E-state index contributed by atoms with van der Waals surface area (Å²) in [6.07, 6.45) is 1.79. The van der Waals surface area contributed by atoms with Crippen molar-refractivity contribution in [3.05, 3.63) is 58.9 Å². The highest BCUT2D eigenvalue weighted by Gasteiger charge is 2.16. The number of amides is 1. The summed E-state index contributed by atoms with van der Waals surface area (Å²) in [4.78, 5) is 36.8. The molecule has 0 atom stereocenters. The second-order valence-corrected chi connectivity index (χ2v) is 5.67. The molecule has 0 unspecified atom stereocenters. The number of aromatic amines is 1. The molecule has 0 saturated heterocycles. The van der Waals surface area contributed by atoms with Gasteiger partial charge < -0.3 is 20.5 Å². The van der Waals surface area contributed by atoms with Crippen molar-refractivity contribution >= 4 is 17.8 Å². The van der Waals surface area contributed by atoms with E-state index in [1.807, 2.05) is 30.3 Å². The zero-order valence-electron chi connectivity index (χ0n) is 13.6. The van der Waals surface area contributed by atoms with Gasteiger partial charge in [0, 0.05) is 18.3 Å². The zero-order valence-corrected chi connectivity index (χ0v) is 13.6. The number of H-pyrrole nitrogens is 1. The SMILES string of the molecule is O=C(O)CCc1c[nH]c(CNC(=O)Cc2ccccc2)c1CC(=O)O. The lowest BCUT2D eigenvalue weighted by atomic mass is 10.0. The van der Waals surface area contributed by atoms with E-state index in [0.717, 1.165) is 5.56 Å². The van der Waals surface area contributed by atoms with Crippen LogP contribution in [0.2, 0.25) is 0 Å². The molecule has 7 heteroatoms. The van der Waals surface area contributed by atoms with Crippen molar-refractivity contribution in [3.8, 4) is 0 Å². The minimum Gasteiger partial charge on any atom is -0.481 e. The standard InChI is InChI=1S/C18H20N2O5/c21-16(8-12-4-2-1-3-5-12)20-11-15-14(9-18(24)25)13(10-19-15)6-7-17(22)23/h1-5,10,19H,6-9,11H2,(H,20,21)(H,22,23)(H,24,25). The minimum atomic E-state index is -1.01. The van der Waals surface area contributed by atoms with Gasteiger partial charge in [-0.05, 0) is 23.1 Å². The molecule has 4 N–H and O–H groups in total. The van der Waals surface area contributed by atoms with Gasteiger partial charge in [-0.2, -0.15) is 0 Å². The quantitative estimate of drug-likeness (QED) is 0.550. The number of aryl methyl sites for hydroxylation is 1. The molecule has 0 spiro atoms. The number of aliphatic carboxylic acids is 2. The van der Waals surface area contributed by atoms with Crippen LogP contribution in [0.5, 0.6) is 0 Å². The van der Waals surface area contributed by atoms with Crippen molar-refractivity contribution in [2.75, 3.05) is 0 Å². The number of benzene rings is 1. The topological polar surface area (TPSA) is 119 Å². The molecule has 1 aromatic carbocycles. The van der Waals surface area contributed by atoms with Crippen LogP contribution in [0, 0.1) is 0 Å². The molecule has 1 heterocycles. The van der Waals surface area contributed by atoms with Gasteiger partial charge in [-0.25, -0.2) is 0 Å². The van der Waals surface area contributed by atoms with E-state index in [4.69, 9.17) is 10.2 Å². The lowest BCUT2D eigenvalue weighted by Crippen LogP contribution is -2.25. The van der Waals surface area contributed by atoms with Crippen LogP contribution < -0.4 is 5.32 Å². The average molecular weight is 344 g/mol. The Bertz CT molecular complexity index is 752. The van der Waals surface area contributed by atoms with Crippen LogP contribution in [0.25, 0.3) is 0 Å². The van der Waals surface area contributed by atoms with Crippen molar-refractivity contribution < 1.29 is 24.6 Å². The molecule has 0 aliphatic carbocycles. The third-order valence-electron chi connectivity index (χ3n) is 3.78. The number of carbonyl (C=O) groups excluding carboxylic acids is 1. The minimum absolute atomic E-state index is 0.0791. The van der Waals surface area contributed by atoms with Crippen LogP contribution in [0.1, 0.15) is 28.8 Å². The van der Waals surface area contributed by atoms with Gasteiger partial charge in [0.15, 0.2) is 0 Å². The Morgan fingerprint density at radius 3 is 2.36 bits per heavy atom. The number of carbonyl (C=O) groups is 3. The Balaban J connectivity index is 2.01. The summed E-state index contributed by atoms with van der Waals surface area (Å²) in [7, 11) is 0. The summed E-state index contributed by atoms with van der Waals surface area (Å²) in [5, 5.41) is 20.6. The summed E-state index contributed by atoms with van der Waals surface area (Å²) in [5.74, 6) is -2.12. The van der Waals surface area contributed by atoms with E-state index < -0.39 is 11.9 Å².